The number of carbonyl (C=O) groups excluding carboxylic acids is 2. The van der Waals surface area contributed by atoms with Crippen molar-refractivity contribution in [3.8, 4) is 11.5 Å². The Morgan fingerprint density at radius 3 is 2.09 bits per heavy atom. The van der Waals surface area contributed by atoms with Crippen LogP contribution in [0.15, 0.2) is 59.5 Å². The molecule has 0 radical (unpaired) electrons. The highest BCUT2D eigenvalue weighted by atomic mass is 32.2. The Hall–Kier alpha value is -3.46. The van der Waals surface area contributed by atoms with Gasteiger partial charge in [0, 0.05) is 34.5 Å². The summed E-state index contributed by atoms with van der Waals surface area (Å²) in [5.74, 6) is -1.41. The number of hydrogen-bond acceptors (Lipinski definition) is 6. The van der Waals surface area contributed by atoms with E-state index in [0.29, 0.717) is 35.7 Å². The van der Waals surface area contributed by atoms with E-state index in [0.717, 1.165) is 4.90 Å². The molecule has 0 bridgehead atoms. The minimum atomic E-state index is -0.961. The van der Waals surface area contributed by atoms with Gasteiger partial charge in [-0.25, -0.2) is 0 Å². The molecule has 174 valence electrons. The first-order valence-corrected chi connectivity index (χ1v) is 11.3. The second-order valence-electron chi connectivity index (χ2n) is 7.45. The van der Waals surface area contributed by atoms with Crippen molar-refractivity contribution >= 4 is 40.9 Å². The summed E-state index contributed by atoms with van der Waals surface area (Å²) in [6, 6.07) is 12.2. The maximum atomic E-state index is 12.6. The van der Waals surface area contributed by atoms with Crippen molar-refractivity contribution in [1.82, 2.24) is 0 Å². The predicted octanol–water partition coefficient (Wildman–Crippen LogP) is 4.04. The third-order valence-electron chi connectivity index (χ3n) is 5.21. The van der Waals surface area contributed by atoms with Crippen LogP contribution in [0.2, 0.25) is 0 Å². The smallest absolute Gasteiger partial charge is 0.307 e. The van der Waals surface area contributed by atoms with E-state index in [1.807, 2.05) is 6.08 Å². The molecule has 0 aliphatic heterocycles. The second kappa shape index (κ2) is 11.4. The lowest BCUT2D eigenvalue weighted by atomic mass is 9.82. The highest BCUT2D eigenvalue weighted by Gasteiger charge is 2.33. The predicted molar refractivity (Wildman–Crippen MR) is 127 cm³/mol. The zero-order valence-electron chi connectivity index (χ0n) is 18.4. The average molecular weight is 471 g/mol. The van der Waals surface area contributed by atoms with Crippen LogP contribution in [0.3, 0.4) is 0 Å². The largest absolute Gasteiger partial charge is 0.497 e. The van der Waals surface area contributed by atoms with Crippen LogP contribution in [0.4, 0.5) is 11.4 Å². The van der Waals surface area contributed by atoms with Crippen molar-refractivity contribution in [2.75, 3.05) is 30.6 Å². The van der Waals surface area contributed by atoms with Crippen LogP contribution in [0.25, 0.3) is 0 Å². The summed E-state index contributed by atoms with van der Waals surface area (Å²) in [4.78, 5) is 37.2. The van der Waals surface area contributed by atoms with Crippen LogP contribution in [0, 0.1) is 11.8 Å². The Labute approximate surface area is 196 Å². The fraction of sp³-hybridized carbons (Fsp3) is 0.292. The van der Waals surface area contributed by atoms with E-state index in [1.54, 1.807) is 62.8 Å². The molecule has 3 N–H and O–H groups in total. The number of anilines is 2. The number of carboxylic acid groups (broad SMARTS) is 1. The lowest BCUT2D eigenvalue weighted by Gasteiger charge is -2.24. The fourth-order valence-corrected chi connectivity index (χ4v) is 4.17. The number of benzene rings is 2. The van der Waals surface area contributed by atoms with Gasteiger partial charge in [-0.2, -0.15) is 0 Å². The third-order valence-corrected chi connectivity index (χ3v) is 6.23. The van der Waals surface area contributed by atoms with Gasteiger partial charge < -0.3 is 25.2 Å². The molecule has 0 unspecified atom stereocenters. The van der Waals surface area contributed by atoms with Crippen molar-refractivity contribution < 1.29 is 29.0 Å². The van der Waals surface area contributed by atoms with Gasteiger partial charge >= 0.3 is 5.97 Å². The lowest BCUT2D eigenvalue weighted by Crippen LogP contribution is -2.34. The Morgan fingerprint density at radius 1 is 0.909 bits per heavy atom. The molecule has 2 amide bonds. The molecule has 1 aliphatic rings. The first kappa shape index (κ1) is 24.2. The molecule has 2 atom stereocenters. The molecule has 3 rings (SSSR count). The Balaban J connectivity index is 1.52. The molecule has 2 aromatic carbocycles. The average Bonchev–Trinajstić information content (AvgIpc) is 2.83. The van der Waals surface area contributed by atoms with Crippen LogP contribution in [0.5, 0.6) is 11.5 Å². The van der Waals surface area contributed by atoms with Gasteiger partial charge in [0.05, 0.1) is 31.8 Å². The number of carboxylic acids is 1. The Kier molecular flexibility index (Phi) is 8.37. The molecule has 2 aromatic rings. The van der Waals surface area contributed by atoms with Crippen molar-refractivity contribution in [1.29, 1.82) is 0 Å². The van der Waals surface area contributed by atoms with Gasteiger partial charge in [-0.05, 0) is 37.1 Å². The van der Waals surface area contributed by atoms with Crippen LogP contribution in [-0.2, 0) is 14.4 Å². The van der Waals surface area contributed by atoms with Crippen LogP contribution < -0.4 is 20.1 Å². The number of rotatable bonds is 9. The van der Waals surface area contributed by atoms with Gasteiger partial charge in [-0.1, -0.05) is 12.2 Å². The summed E-state index contributed by atoms with van der Waals surface area (Å²) < 4.78 is 10.4. The summed E-state index contributed by atoms with van der Waals surface area (Å²) in [6.45, 7) is 0. The molecular formula is C24H26N2O6S. The maximum absolute atomic E-state index is 12.6. The SMILES string of the molecule is COc1cc(NC(=O)CSc2ccc(NC(=O)[C@@H]3CC=CC[C@@H]3C(=O)O)cc2)cc(OC)c1. The highest BCUT2D eigenvalue weighted by molar-refractivity contribution is 8.00. The molecular weight excluding hydrogens is 444 g/mol. The van der Waals surface area contributed by atoms with Crippen LogP contribution in [0.1, 0.15) is 12.8 Å². The fourth-order valence-electron chi connectivity index (χ4n) is 3.47. The zero-order chi connectivity index (χ0) is 23.8. The van der Waals surface area contributed by atoms with E-state index in [1.165, 1.54) is 11.8 Å². The van der Waals surface area contributed by atoms with E-state index in [2.05, 4.69) is 10.6 Å². The molecule has 0 spiro atoms. The molecule has 9 heteroatoms. The highest BCUT2D eigenvalue weighted by Crippen LogP contribution is 2.29. The van der Waals surface area contributed by atoms with Crippen molar-refractivity contribution in [2.24, 2.45) is 11.8 Å². The standard InChI is InChI=1S/C24H26N2O6S/c1-31-17-11-16(12-18(13-17)32-2)25-22(27)14-33-19-9-7-15(8-10-19)26-23(28)20-5-3-4-6-21(20)24(29)30/h3-4,7-13,20-21H,5-6,14H2,1-2H3,(H,25,27)(H,26,28)(H,29,30)/t20-,21+/m1/s1. The molecule has 0 heterocycles. The van der Waals surface area contributed by atoms with Gasteiger partial charge in [0.15, 0.2) is 0 Å². The van der Waals surface area contributed by atoms with Gasteiger partial charge in [-0.15, -0.1) is 11.8 Å². The number of carbonyl (C=O) groups is 3. The van der Waals surface area contributed by atoms with Crippen molar-refractivity contribution in [2.45, 2.75) is 17.7 Å². The van der Waals surface area contributed by atoms with Gasteiger partial charge in [0.2, 0.25) is 11.8 Å². The normalized spacial score (nSPS) is 17.2. The van der Waals surface area contributed by atoms with E-state index in [9.17, 15) is 19.5 Å². The monoisotopic (exact) mass is 470 g/mol. The maximum Gasteiger partial charge on any atom is 0.307 e. The number of allylic oxidation sites excluding steroid dienone is 2. The number of aliphatic carboxylic acids is 1. The summed E-state index contributed by atoms with van der Waals surface area (Å²) in [6.07, 6.45) is 4.41. The Morgan fingerprint density at radius 2 is 1.52 bits per heavy atom. The molecule has 8 nitrogen and oxygen atoms in total. The van der Waals surface area contributed by atoms with Crippen LogP contribution >= 0.6 is 11.8 Å². The van der Waals surface area contributed by atoms with E-state index < -0.39 is 17.8 Å². The van der Waals surface area contributed by atoms with E-state index >= 15 is 0 Å². The number of amides is 2. The van der Waals surface area contributed by atoms with Gasteiger partial charge in [0.25, 0.3) is 0 Å². The van der Waals surface area contributed by atoms with Crippen molar-refractivity contribution in [3.63, 3.8) is 0 Å². The quantitative estimate of drug-likeness (QED) is 0.374. The third kappa shape index (κ3) is 6.76. The molecule has 0 fully saturated rings. The second-order valence-corrected chi connectivity index (χ2v) is 8.49. The molecule has 1 aliphatic carbocycles. The number of nitrogens with one attached hydrogen (secondary N) is 2. The van der Waals surface area contributed by atoms with E-state index in [4.69, 9.17) is 9.47 Å². The summed E-state index contributed by atoms with van der Waals surface area (Å²) in [5, 5.41) is 15.0. The first-order chi connectivity index (χ1) is 15.9. The molecule has 33 heavy (non-hydrogen) atoms. The van der Waals surface area contributed by atoms with Crippen molar-refractivity contribution in [3.05, 3.63) is 54.6 Å². The zero-order valence-corrected chi connectivity index (χ0v) is 19.2. The minimum Gasteiger partial charge on any atom is -0.497 e. The number of methoxy groups -OCH3 is 2. The van der Waals surface area contributed by atoms with E-state index in [-0.39, 0.29) is 17.6 Å². The first-order valence-electron chi connectivity index (χ1n) is 10.3. The molecule has 0 saturated heterocycles. The lowest BCUT2D eigenvalue weighted by molar-refractivity contribution is -0.146. The number of hydrogen-bond donors (Lipinski definition) is 3. The molecule has 0 aromatic heterocycles. The summed E-state index contributed by atoms with van der Waals surface area (Å²) in [7, 11) is 3.08. The van der Waals surface area contributed by atoms with Gasteiger partial charge in [-0.3, -0.25) is 14.4 Å². The minimum absolute atomic E-state index is 0.183. The summed E-state index contributed by atoms with van der Waals surface area (Å²) in [5.41, 5.74) is 1.16. The van der Waals surface area contributed by atoms with Crippen LogP contribution in [-0.4, -0.2) is 42.9 Å². The molecule has 0 saturated carbocycles. The Bertz CT molecular complexity index is 1020. The number of ether oxygens (including phenoxy) is 2. The van der Waals surface area contributed by atoms with Gasteiger partial charge in [0.1, 0.15) is 11.5 Å². The summed E-state index contributed by atoms with van der Waals surface area (Å²) >= 11 is 1.35. The topological polar surface area (TPSA) is 114 Å². The number of thioether (sulfide) groups is 1.